The number of nitrogens with zero attached hydrogens (tertiary/aromatic N) is 1. The van der Waals surface area contributed by atoms with Crippen LogP contribution in [-0.2, 0) is 13.0 Å². The van der Waals surface area contributed by atoms with Crippen LogP contribution in [0, 0.1) is 5.92 Å². The first kappa shape index (κ1) is 18.9. The number of ether oxygens (including phenoxy) is 1. The first-order valence-corrected chi connectivity index (χ1v) is 9.93. The summed E-state index contributed by atoms with van der Waals surface area (Å²) in [6.45, 7) is 5.75. The second-order valence-electron chi connectivity index (χ2n) is 7.35. The van der Waals surface area contributed by atoms with E-state index in [9.17, 15) is 0 Å². The number of benzene rings is 2. The maximum absolute atomic E-state index is 5.19. The molecule has 0 atom stereocenters. The zero-order valence-electron chi connectivity index (χ0n) is 16.0. The molecule has 2 aromatic rings. The number of methoxy groups -OCH3 is 1. The Hall–Kier alpha value is -1.84. The number of nitrogens with one attached hydrogen (secondary N) is 1. The average molecular weight is 353 g/mol. The number of piperidine rings is 1. The van der Waals surface area contributed by atoms with E-state index in [1.54, 1.807) is 7.11 Å². The standard InChI is InChI=1S/C23H32N2O/c1-26-23-10-8-22(9-11-23)19-24-14-5-15-25-16-12-21(13-17-25)18-20-6-3-2-4-7-20/h2-4,6-11,21,24H,5,12-19H2,1H3. The fraction of sp³-hybridized carbons (Fsp3) is 0.478. The highest BCUT2D eigenvalue weighted by Crippen LogP contribution is 2.21. The number of rotatable bonds is 9. The van der Waals surface area contributed by atoms with E-state index in [0.717, 1.165) is 24.8 Å². The van der Waals surface area contributed by atoms with E-state index in [0.29, 0.717) is 0 Å². The van der Waals surface area contributed by atoms with E-state index in [-0.39, 0.29) is 0 Å². The monoisotopic (exact) mass is 352 g/mol. The van der Waals surface area contributed by atoms with E-state index in [2.05, 4.69) is 52.7 Å². The average Bonchev–Trinajstić information content (AvgIpc) is 2.70. The van der Waals surface area contributed by atoms with Gasteiger partial charge in [-0.05, 0) is 81.0 Å². The lowest BCUT2D eigenvalue weighted by molar-refractivity contribution is 0.182. The highest BCUT2D eigenvalue weighted by molar-refractivity contribution is 5.27. The van der Waals surface area contributed by atoms with Crippen LogP contribution in [0.25, 0.3) is 0 Å². The van der Waals surface area contributed by atoms with Gasteiger partial charge in [0.1, 0.15) is 5.75 Å². The molecule has 1 fully saturated rings. The topological polar surface area (TPSA) is 24.5 Å². The van der Waals surface area contributed by atoms with Gasteiger partial charge in [-0.15, -0.1) is 0 Å². The summed E-state index contributed by atoms with van der Waals surface area (Å²) in [5, 5.41) is 3.55. The van der Waals surface area contributed by atoms with Gasteiger partial charge in [-0.25, -0.2) is 0 Å². The van der Waals surface area contributed by atoms with Gasteiger partial charge in [-0.2, -0.15) is 0 Å². The van der Waals surface area contributed by atoms with E-state index in [1.165, 1.54) is 56.4 Å². The minimum atomic E-state index is 0.863. The summed E-state index contributed by atoms with van der Waals surface area (Å²) in [6.07, 6.45) is 5.15. The summed E-state index contributed by atoms with van der Waals surface area (Å²) < 4.78 is 5.19. The van der Waals surface area contributed by atoms with E-state index in [4.69, 9.17) is 4.74 Å². The smallest absolute Gasteiger partial charge is 0.118 e. The first-order chi connectivity index (χ1) is 12.8. The molecular formula is C23H32N2O. The van der Waals surface area contributed by atoms with E-state index in [1.807, 2.05) is 12.1 Å². The molecule has 1 aliphatic rings. The fourth-order valence-corrected chi connectivity index (χ4v) is 3.77. The molecule has 0 amide bonds. The Morgan fingerprint density at radius 2 is 1.69 bits per heavy atom. The molecule has 3 nitrogen and oxygen atoms in total. The van der Waals surface area contributed by atoms with Gasteiger partial charge in [0.05, 0.1) is 7.11 Å². The van der Waals surface area contributed by atoms with Gasteiger partial charge in [0, 0.05) is 6.54 Å². The van der Waals surface area contributed by atoms with Crippen molar-refractivity contribution in [2.75, 3.05) is 33.3 Å². The molecule has 0 radical (unpaired) electrons. The zero-order valence-corrected chi connectivity index (χ0v) is 16.0. The van der Waals surface area contributed by atoms with Crippen LogP contribution in [0.4, 0.5) is 0 Å². The quantitative estimate of drug-likeness (QED) is 0.687. The molecule has 3 heteroatoms. The van der Waals surface area contributed by atoms with Gasteiger partial charge < -0.3 is 15.0 Å². The number of likely N-dealkylation sites (tertiary alicyclic amines) is 1. The molecule has 3 rings (SSSR count). The van der Waals surface area contributed by atoms with Crippen LogP contribution in [0.3, 0.4) is 0 Å². The Bertz CT molecular complexity index is 618. The normalized spacial score (nSPS) is 15.9. The molecule has 1 aliphatic heterocycles. The summed E-state index contributed by atoms with van der Waals surface area (Å²) in [6, 6.07) is 19.3. The molecule has 0 aromatic heterocycles. The van der Waals surface area contributed by atoms with Crippen LogP contribution in [0.1, 0.15) is 30.4 Å². The minimum Gasteiger partial charge on any atom is -0.497 e. The van der Waals surface area contributed by atoms with Crippen molar-refractivity contribution >= 4 is 0 Å². The molecule has 0 spiro atoms. The summed E-state index contributed by atoms with van der Waals surface area (Å²) in [5.41, 5.74) is 2.81. The van der Waals surface area contributed by atoms with Gasteiger partial charge in [-0.1, -0.05) is 42.5 Å². The molecule has 0 bridgehead atoms. The van der Waals surface area contributed by atoms with Crippen molar-refractivity contribution in [3.8, 4) is 5.75 Å². The van der Waals surface area contributed by atoms with Crippen LogP contribution < -0.4 is 10.1 Å². The van der Waals surface area contributed by atoms with Crippen LogP contribution in [-0.4, -0.2) is 38.2 Å². The Morgan fingerprint density at radius 3 is 2.38 bits per heavy atom. The Kier molecular flexibility index (Phi) is 7.53. The highest BCUT2D eigenvalue weighted by Gasteiger charge is 2.18. The van der Waals surface area contributed by atoms with E-state index >= 15 is 0 Å². The van der Waals surface area contributed by atoms with E-state index < -0.39 is 0 Å². The molecular weight excluding hydrogens is 320 g/mol. The van der Waals surface area contributed by atoms with Crippen molar-refractivity contribution in [2.45, 2.75) is 32.2 Å². The molecule has 0 aliphatic carbocycles. The Balaban J connectivity index is 1.26. The predicted octanol–water partition coefficient (Wildman–Crippen LogP) is 4.13. The van der Waals surface area contributed by atoms with Crippen LogP contribution in [0.5, 0.6) is 5.75 Å². The zero-order chi connectivity index (χ0) is 18.0. The Morgan fingerprint density at radius 1 is 0.962 bits per heavy atom. The molecule has 1 heterocycles. The third-order valence-corrected chi connectivity index (χ3v) is 5.39. The summed E-state index contributed by atoms with van der Waals surface area (Å²) in [5.74, 6) is 1.78. The first-order valence-electron chi connectivity index (χ1n) is 9.93. The number of hydrogen-bond acceptors (Lipinski definition) is 3. The van der Waals surface area contributed by atoms with Gasteiger partial charge in [0.25, 0.3) is 0 Å². The maximum atomic E-state index is 5.19. The SMILES string of the molecule is COc1ccc(CNCCCN2CCC(Cc3ccccc3)CC2)cc1. The summed E-state index contributed by atoms with van der Waals surface area (Å²) in [7, 11) is 1.71. The maximum Gasteiger partial charge on any atom is 0.118 e. The van der Waals surface area contributed by atoms with Gasteiger partial charge in [0.2, 0.25) is 0 Å². The molecule has 1 saturated heterocycles. The van der Waals surface area contributed by atoms with Crippen LogP contribution >= 0.6 is 0 Å². The predicted molar refractivity (Wildman–Crippen MR) is 109 cm³/mol. The molecule has 26 heavy (non-hydrogen) atoms. The molecule has 1 N–H and O–H groups in total. The minimum absolute atomic E-state index is 0.863. The highest BCUT2D eigenvalue weighted by atomic mass is 16.5. The largest absolute Gasteiger partial charge is 0.497 e. The second kappa shape index (κ2) is 10.3. The van der Waals surface area contributed by atoms with Crippen molar-refractivity contribution in [2.24, 2.45) is 5.92 Å². The molecule has 140 valence electrons. The summed E-state index contributed by atoms with van der Waals surface area (Å²) in [4.78, 5) is 2.64. The van der Waals surface area contributed by atoms with Crippen molar-refractivity contribution in [1.82, 2.24) is 10.2 Å². The lowest BCUT2D eigenvalue weighted by Gasteiger charge is -2.32. The number of hydrogen-bond donors (Lipinski definition) is 1. The second-order valence-corrected chi connectivity index (χ2v) is 7.35. The third-order valence-electron chi connectivity index (χ3n) is 5.39. The lowest BCUT2D eigenvalue weighted by atomic mass is 9.90. The molecule has 2 aromatic carbocycles. The van der Waals surface area contributed by atoms with Crippen molar-refractivity contribution in [3.05, 3.63) is 65.7 Å². The van der Waals surface area contributed by atoms with Gasteiger partial charge in [-0.3, -0.25) is 0 Å². The third kappa shape index (κ3) is 6.15. The van der Waals surface area contributed by atoms with Crippen molar-refractivity contribution in [3.63, 3.8) is 0 Å². The van der Waals surface area contributed by atoms with Gasteiger partial charge in [0.15, 0.2) is 0 Å². The lowest BCUT2D eigenvalue weighted by Crippen LogP contribution is -2.36. The van der Waals surface area contributed by atoms with Crippen molar-refractivity contribution in [1.29, 1.82) is 0 Å². The van der Waals surface area contributed by atoms with Crippen LogP contribution in [0.15, 0.2) is 54.6 Å². The van der Waals surface area contributed by atoms with Crippen LogP contribution in [0.2, 0.25) is 0 Å². The van der Waals surface area contributed by atoms with Crippen molar-refractivity contribution < 1.29 is 4.74 Å². The molecule has 0 unspecified atom stereocenters. The Labute approximate surface area is 158 Å². The van der Waals surface area contributed by atoms with Gasteiger partial charge >= 0.3 is 0 Å². The molecule has 0 saturated carbocycles. The summed E-state index contributed by atoms with van der Waals surface area (Å²) >= 11 is 0. The fourth-order valence-electron chi connectivity index (χ4n) is 3.77.